The molecule has 1 atom stereocenters. The Balaban J connectivity index is 1.48. The molecule has 4 rings (SSSR count). The quantitative estimate of drug-likeness (QED) is 0.684. The number of nitrogens with one attached hydrogen (secondary N) is 1. The zero-order valence-electron chi connectivity index (χ0n) is 16.4. The molecule has 29 heavy (non-hydrogen) atoms. The second-order valence-corrected chi connectivity index (χ2v) is 7.17. The predicted octanol–water partition coefficient (Wildman–Crippen LogP) is 4.74. The van der Waals surface area contributed by atoms with Crippen LogP contribution < -0.4 is 10.1 Å². The number of benzene rings is 1. The predicted molar refractivity (Wildman–Crippen MR) is 113 cm³/mol. The molecular weight excluding hydrogens is 364 g/mol. The van der Waals surface area contributed by atoms with E-state index >= 15 is 0 Å². The van der Waals surface area contributed by atoms with Crippen LogP contribution in [0.5, 0.6) is 11.6 Å². The van der Waals surface area contributed by atoms with Crippen molar-refractivity contribution in [2.45, 2.75) is 25.7 Å². The molecule has 3 heterocycles. The van der Waals surface area contributed by atoms with E-state index in [2.05, 4.69) is 15.3 Å². The molecule has 3 aromatic rings. The monoisotopic (exact) mass is 388 g/mol. The third-order valence-electron chi connectivity index (χ3n) is 5.11. The van der Waals surface area contributed by atoms with Crippen LogP contribution in [-0.2, 0) is 4.79 Å². The van der Waals surface area contributed by atoms with Crippen molar-refractivity contribution < 1.29 is 9.53 Å². The normalized spacial score (nSPS) is 16.3. The molecule has 1 aliphatic heterocycles. The van der Waals surface area contributed by atoms with Crippen molar-refractivity contribution in [2.75, 3.05) is 18.4 Å². The van der Waals surface area contributed by atoms with Gasteiger partial charge in [-0.3, -0.25) is 4.79 Å². The van der Waals surface area contributed by atoms with Crippen molar-refractivity contribution in [3.63, 3.8) is 0 Å². The number of ether oxygens (including phenoxy) is 1. The van der Waals surface area contributed by atoms with Crippen LogP contribution in [0.15, 0.2) is 67.0 Å². The van der Waals surface area contributed by atoms with Gasteiger partial charge in [-0.2, -0.15) is 0 Å². The minimum Gasteiger partial charge on any atom is -0.439 e. The van der Waals surface area contributed by atoms with Gasteiger partial charge in [0.2, 0.25) is 11.8 Å². The molecule has 1 saturated heterocycles. The average molecular weight is 388 g/mol. The largest absolute Gasteiger partial charge is 0.439 e. The van der Waals surface area contributed by atoms with E-state index in [1.165, 1.54) is 0 Å². The fourth-order valence-electron chi connectivity index (χ4n) is 3.62. The third-order valence-corrected chi connectivity index (χ3v) is 5.11. The molecule has 1 N–H and O–H groups in total. The molecule has 0 unspecified atom stereocenters. The summed E-state index contributed by atoms with van der Waals surface area (Å²) in [5, 5.41) is 3.25. The van der Waals surface area contributed by atoms with Gasteiger partial charge in [0, 0.05) is 49.6 Å². The lowest BCUT2D eigenvalue weighted by atomic mass is 9.91. The van der Waals surface area contributed by atoms with Gasteiger partial charge in [-0.15, -0.1) is 0 Å². The third kappa shape index (κ3) is 4.71. The van der Waals surface area contributed by atoms with Crippen LogP contribution in [0.1, 0.15) is 31.2 Å². The van der Waals surface area contributed by atoms with E-state index in [9.17, 15) is 4.79 Å². The topological polar surface area (TPSA) is 67.4 Å². The van der Waals surface area contributed by atoms with E-state index in [0.717, 1.165) is 42.2 Å². The molecule has 6 heteroatoms. The van der Waals surface area contributed by atoms with Crippen LogP contribution in [-0.4, -0.2) is 33.9 Å². The summed E-state index contributed by atoms with van der Waals surface area (Å²) < 4.78 is 6.11. The Kier molecular flexibility index (Phi) is 5.70. The number of carbonyl (C=O) groups excluding carboxylic acids is 1. The highest BCUT2D eigenvalue weighted by molar-refractivity contribution is 5.73. The first kappa shape index (κ1) is 18.9. The van der Waals surface area contributed by atoms with E-state index in [1.54, 1.807) is 19.3 Å². The summed E-state index contributed by atoms with van der Waals surface area (Å²) in [5.41, 5.74) is 1.98. The van der Waals surface area contributed by atoms with E-state index in [-0.39, 0.29) is 11.8 Å². The Morgan fingerprint density at radius 2 is 1.90 bits per heavy atom. The highest BCUT2D eigenvalue weighted by Crippen LogP contribution is 2.34. The van der Waals surface area contributed by atoms with Gasteiger partial charge in [-0.25, -0.2) is 9.97 Å². The summed E-state index contributed by atoms with van der Waals surface area (Å²) in [7, 11) is 0. The second kappa shape index (κ2) is 8.73. The molecule has 0 spiro atoms. The number of hydrogen-bond donors (Lipinski definition) is 1. The zero-order chi connectivity index (χ0) is 20.1. The fourth-order valence-corrected chi connectivity index (χ4v) is 3.62. The Hall–Kier alpha value is -3.41. The van der Waals surface area contributed by atoms with Crippen LogP contribution in [0.4, 0.5) is 11.5 Å². The van der Waals surface area contributed by atoms with E-state index < -0.39 is 0 Å². The van der Waals surface area contributed by atoms with Gasteiger partial charge in [-0.1, -0.05) is 12.1 Å². The number of piperidine rings is 1. The van der Waals surface area contributed by atoms with E-state index in [0.29, 0.717) is 12.4 Å². The lowest BCUT2D eigenvalue weighted by molar-refractivity contribution is -0.130. The number of nitrogens with zero attached hydrogens (tertiary/aromatic N) is 3. The van der Waals surface area contributed by atoms with Crippen molar-refractivity contribution in [1.29, 1.82) is 0 Å². The molecule has 148 valence electrons. The highest BCUT2D eigenvalue weighted by Gasteiger charge is 2.25. The van der Waals surface area contributed by atoms with Crippen LogP contribution in [0.2, 0.25) is 0 Å². The zero-order valence-corrected chi connectivity index (χ0v) is 16.4. The lowest BCUT2D eigenvalue weighted by Gasteiger charge is -2.32. The smallest absolute Gasteiger partial charge is 0.222 e. The molecule has 1 fully saturated rings. The van der Waals surface area contributed by atoms with Gasteiger partial charge in [-0.05, 0) is 55.3 Å². The molecule has 1 aliphatic rings. The van der Waals surface area contributed by atoms with Gasteiger partial charge in [0.25, 0.3) is 0 Å². The number of pyridine rings is 2. The first-order chi connectivity index (χ1) is 14.2. The van der Waals surface area contributed by atoms with Gasteiger partial charge in [0.1, 0.15) is 11.6 Å². The summed E-state index contributed by atoms with van der Waals surface area (Å²) in [5.74, 6) is 2.48. The van der Waals surface area contributed by atoms with Crippen molar-refractivity contribution in [2.24, 2.45) is 0 Å². The molecule has 2 aromatic heterocycles. The minimum absolute atomic E-state index is 0.122. The number of hydrogen-bond acceptors (Lipinski definition) is 5. The van der Waals surface area contributed by atoms with Crippen molar-refractivity contribution >= 4 is 17.4 Å². The fraction of sp³-hybridized carbons (Fsp3) is 0.261. The maximum Gasteiger partial charge on any atom is 0.222 e. The first-order valence-corrected chi connectivity index (χ1v) is 9.85. The lowest BCUT2D eigenvalue weighted by Crippen LogP contribution is -2.37. The minimum atomic E-state index is 0.122. The Morgan fingerprint density at radius 1 is 1.07 bits per heavy atom. The number of likely N-dealkylation sites (tertiary alicyclic amines) is 1. The summed E-state index contributed by atoms with van der Waals surface area (Å²) in [6.45, 7) is 3.17. The summed E-state index contributed by atoms with van der Waals surface area (Å²) in [4.78, 5) is 22.4. The van der Waals surface area contributed by atoms with Gasteiger partial charge < -0.3 is 15.0 Å². The number of aromatic nitrogens is 2. The summed E-state index contributed by atoms with van der Waals surface area (Å²) in [6, 6.07) is 17.4. The van der Waals surface area contributed by atoms with Crippen molar-refractivity contribution in [3.05, 3.63) is 72.6 Å². The first-order valence-electron chi connectivity index (χ1n) is 9.85. The van der Waals surface area contributed by atoms with E-state index in [4.69, 9.17) is 4.74 Å². The SMILES string of the molecule is CC(=O)N1CCC[C@H](c2cccnc2Oc2ccc(Nc3ccccn3)cc2)C1. The van der Waals surface area contributed by atoms with Crippen LogP contribution >= 0.6 is 0 Å². The van der Waals surface area contributed by atoms with Crippen molar-refractivity contribution in [3.8, 4) is 11.6 Å². The molecule has 6 nitrogen and oxygen atoms in total. The van der Waals surface area contributed by atoms with Crippen molar-refractivity contribution in [1.82, 2.24) is 14.9 Å². The number of carbonyl (C=O) groups is 1. The Labute approximate surface area is 170 Å². The van der Waals surface area contributed by atoms with Gasteiger partial charge in [0.15, 0.2) is 0 Å². The second-order valence-electron chi connectivity index (χ2n) is 7.17. The van der Waals surface area contributed by atoms with Crippen LogP contribution in [0.25, 0.3) is 0 Å². The van der Waals surface area contributed by atoms with Crippen LogP contribution in [0.3, 0.4) is 0 Å². The summed E-state index contributed by atoms with van der Waals surface area (Å²) >= 11 is 0. The molecule has 1 aromatic carbocycles. The maximum atomic E-state index is 11.8. The molecule has 0 saturated carbocycles. The standard InChI is InChI=1S/C23H24N4O2/c1-17(28)27-15-5-6-18(16-27)21-7-4-14-25-23(21)29-20-11-9-19(10-12-20)26-22-8-2-3-13-24-22/h2-4,7-14,18H,5-6,15-16H2,1H3,(H,24,26)/t18-/m0/s1. The molecule has 0 aliphatic carbocycles. The summed E-state index contributed by atoms with van der Waals surface area (Å²) in [6.07, 6.45) is 5.51. The average Bonchev–Trinajstić information content (AvgIpc) is 2.76. The molecule has 0 radical (unpaired) electrons. The number of anilines is 2. The number of amides is 1. The highest BCUT2D eigenvalue weighted by atomic mass is 16.5. The van der Waals surface area contributed by atoms with Gasteiger partial charge >= 0.3 is 0 Å². The Bertz CT molecular complexity index is 960. The molecule has 1 amide bonds. The molecule has 0 bridgehead atoms. The van der Waals surface area contributed by atoms with E-state index in [1.807, 2.05) is 59.5 Å². The Morgan fingerprint density at radius 3 is 2.66 bits per heavy atom. The van der Waals surface area contributed by atoms with Crippen LogP contribution in [0, 0.1) is 0 Å². The maximum absolute atomic E-state index is 11.8. The number of rotatable bonds is 5. The molecular formula is C23H24N4O2. The van der Waals surface area contributed by atoms with Gasteiger partial charge in [0.05, 0.1) is 0 Å².